The number of aliphatic hydroxyl groups is 3. The number of ether oxygens (including phenoxy) is 6. The number of carbonyl (C=O) groups excluding carboxylic acids is 2. The zero-order valence-corrected chi connectivity index (χ0v) is 52.5. The van der Waals surface area contributed by atoms with Gasteiger partial charge in [0.25, 0.3) is 17.4 Å². The van der Waals surface area contributed by atoms with Gasteiger partial charge in [-0.3, -0.25) is 23.5 Å². The topological polar surface area (TPSA) is 312 Å². The average molecular weight is 1310 g/mol. The molecule has 9 heterocycles. The highest BCUT2D eigenvalue weighted by Crippen LogP contribution is 2.44. The molecule has 25 nitrogen and oxygen atoms in total. The lowest BCUT2D eigenvalue weighted by molar-refractivity contribution is -0.0528. The number of aromatic nitrogens is 11. The van der Waals surface area contributed by atoms with Crippen LogP contribution < -0.4 is 25.7 Å². The summed E-state index contributed by atoms with van der Waals surface area (Å²) in [5, 5.41) is 36.0. The molecular formula is C69H69F2N13O12. The Balaban J connectivity index is 0.000000158. The van der Waals surface area contributed by atoms with Gasteiger partial charge in [0.2, 0.25) is 0 Å². The monoisotopic (exact) mass is 1310 g/mol. The Morgan fingerprint density at radius 3 is 1.61 bits per heavy atom. The van der Waals surface area contributed by atoms with E-state index in [1.165, 1.54) is 40.8 Å². The lowest BCUT2D eigenvalue weighted by Crippen LogP contribution is -2.34. The van der Waals surface area contributed by atoms with Crippen LogP contribution in [0.4, 0.5) is 20.4 Å². The minimum atomic E-state index is -1.32. The number of fused-ring (bicyclic) bond motifs is 3. The largest absolute Gasteiger partial charge is 0.497 e. The number of anilines is 2. The normalized spacial score (nSPS) is 22.3. The predicted octanol–water partition coefficient (Wildman–Crippen LogP) is 8.67. The summed E-state index contributed by atoms with van der Waals surface area (Å²) in [7, 11) is 3.29. The summed E-state index contributed by atoms with van der Waals surface area (Å²) in [5.41, 5.74) is 4.12. The van der Waals surface area contributed by atoms with Crippen LogP contribution in [-0.4, -0.2) is 152 Å². The van der Waals surface area contributed by atoms with E-state index in [0.717, 1.165) is 28.2 Å². The summed E-state index contributed by atoms with van der Waals surface area (Å²) in [6, 6.07) is 45.4. The molecule has 3 fully saturated rings. The van der Waals surface area contributed by atoms with Gasteiger partial charge in [0.15, 0.2) is 52.9 Å². The van der Waals surface area contributed by atoms with Crippen LogP contribution in [0.2, 0.25) is 0 Å². The Kier molecular flexibility index (Phi) is 20.0. The van der Waals surface area contributed by atoms with E-state index in [-0.39, 0.29) is 54.2 Å². The van der Waals surface area contributed by atoms with E-state index in [9.17, 15) is 33.4 Å². The molecule has 0 unspecified atom stereocenters. The van der Waals surface area contributed by atoms with E-state index in [0.29, 0.717) is 52.0 Å². The number of nitrogens with one attached hydrogen (secondary N) is 3. The van der Waals surface area contributed by atoms with Crippen LogP contribution in [0.25, 0.3) is 33.4 Å². The smallest absolute Gasteiger partial charge is 0.278 e. The molecule has 3 saturated heterocycles. The van der Waals surface area contributed by atoms with Crippen LogP contribution in [0.3, 0.4) is 0 Å². The molecule has 2 amide bonds. The van der Waals surface area contributed by atoms with Gasteiger partial charge in [-0.15, -0.1) is 0 Å². The number of hydrogen-bond donors (Lipinski definition) is 6. The van der Waals surface area contributed by atoms with Crippen molar-refractivity contribution < 1.29 is 62.1 Å². The van der Waals surface area contributed by atoms with E-state index in [4.69, 9.17) is 33.5 Å². The Morgan fingerprint density at radius 2 is 1.08 bits per heavy atom. The molecule has 6 N–H and O–H groups in total. The number of imidazole rings is 2. The van der Waals surface area contributed by atoms with Gasteiger partial charge >= 0.3 is 0 Å². The molecule has 5 aromatic carbocycles. The summed E-state index contributed by atoms with van der Waals surface area (Å²) < 4.78 is 69.1. The van der Waals surface area contributed by atoms with Crippen LogP contribution in [0.1, 0.15) is 82.8 Å². The van der Waals surface area contributed by atoms with E-state index < -0.39 is 72.9 Å². The lowest BCUT2D eigenvalue weighted by atomic mass is 9.80. The maximum Gasteiger partial charge on any atom is 0.278 e. The second-order valence-electron chi connectivity index (χ2n) is 23.1. The van der Waals surface area contributed by atoms with Gasteiger partial charge in [-0.2, -0.15) is 0 Å². The average Bonchev–Trinajstić information content (AvgIpc) is 1.62. The highest BCUT2D eigenvalue weighted by molar-refractivity contribution is 6.08. The van der Waals surface area contributed by atoms with Crippen LogP contribution in [-0.2, 0) is 24.5 Å². The molecule has 27 heteroatoms. The maximum absolute atomic E-state index is 14.6. The van der Waals surface area contributed by atoms with E-state index >= 15 is 0 Å². The van der Waals surface area contributed by atoms with Crippen molar-refractivity contribution in [2.45, 2.75) is 87.7 Å². The molecule has 0 aliphatic carbocycles. The molecule has 11 aromatic rings. The minimum Gasteiger partial charge on any atom is -0.497 e. The second-order valence-corrected chi connectivity index (χ2v) is 23.1. The first-order chi connectivity index (χ1) is 46.7. The molecule has 11 atom stereocenters. The number of alkyl halides is 2. The maximum atomic E-state index is 14.6. The van der Waals surface area contributed by atoms with Gasteiger partial charge in [-0.25, -0.2) is 43.7 Å². The number of carbonyl (C=O) groups is 2. The second kappa shape index (κ2) is 29.2. The molecule has 496 valence electrons. The van der Waals surface area contributed by atoms with Crippen molar-refractivity contribution >= 4 is 56.8 Å². The minimum absolute atomic E-state index is 0.137. The fourth-order valence-electron chi connectivity index (χ4n) is 12.1. The molecular weight excluding hydrogens is 1240 g/mol. The Bertz CT molecular complexity index is 4450. The fraction of sp³-hybridized carbons (Fsp3) is 0.304. The summed E-state index contributed by atoms with van der Waals surface area (Å²) in [5.74, 6) is 0.625. The molecule has 96 heavy (non-hydrogen) atoms. The van der Waals surface area contributed by atoms with Crippen molar-refractivity contribution in [1.29, 1.82) is 0 Å². The molecule has 0 spiro atoms. The zero-order valence-electron chi connectivity index (χ0n) is 52.5. The number of benzene rings is 5. The summed E-state index contributed by atoms with van der Waals surface area (Å²) >= 11 is 0. The molecule has 0 saturated carbocycles. The number of methoxy groups -OCH3 is 2. The van der Waals surface area contributed by atoms with Gasteiger partial charge in [-0.05, 0) is 77.7 Å². The number of H-pyrrole nitrogens is 1. The first-order valence-corrected chi connectivity index (χ1v) is 31.0. The standard InChI is InChI=1S/C40H38N4O6.C18H18FN5O3.C11H13FN4O3/c1-47-31-17-13-29(14-18-31)40(28-11-7-4-8-12-28,30-15-19-32(48-2)20-16-30)49-24-22-35-34(45)25-36(50-35)44-23-21-33-37(41-26-42-38(33)44)43-39(46)27-9-5-3-6-10-27;1-10-12(7-25)27-18(13(10)19)24-9-22-14-15(20-8-21-16(14)24)23-17(26)11-5-3-2-4-6-11;1-5-6(2-17)19-11(7(5)12)16-4-15-8-9(16)13-3-14-10(8)18/h3-21,23,26,34-36,45H,22,24-25H2,1-2H3,(H,41,42,43,46);2-6,8-10,12-13,18,25H,7H2,1H3,(H,20,21,23,26);3-7,11,17H,2H2,1H3,(H,13,14,18)/t34-,35+,36+;10-,12-,13-,18-;5-,6-,7-,11-/m011/s1. The Morgan fingerprint density at radius 1 is 0.594 bits per heavy atom. The number of halogens is 2. The van der Waals surface area contributed by atoms with Gasteiger partial charge in [-0.1, -0.05) is 105 Å². The van der Waals surface area contributed by atoms with E-state index in [2.05, 4.69) is 62.6 Å². The van der Waals surface area contributed by atoms with E-state index in [1.807, 2.05) is 108 Å². The number of hydrogen-bond acceptors (Lipinski definition) is 19. The number of rotatable bonds is 18. The van der Waals surface area contributed by atoms with Crippen LogP contribution in [0.5, 0.6) is 11.5 Å². The van der Waals surface area contributed by atoms with Gasteiger partial charge in [0, 0.05) is 35.6 Å². The third-order valence-electron chi connectivity index (χ3n) is 17.4. The number of aromatic amines is 1. The molecule has 6 aromatic heterocycles. The van der Waals surface area contributed by atoms with Gasteiger partial charge < -0.3 is 63.9 Å². The van der Waals surface area contributed by atoms with Crippen molar-refractivity contribution in [2.75, 3.05) is 44.7 Å². The van der Waals surface area contributed by atoms with Crippen molar-refractivity contribution in [2.24, 2.45) is 11.8 Å². The summed E-state index contributed by atoms with van der Waals surface area (Å²) in [4.78, 5) is 68.4. The third-order valence-corrected chi connectivity index (χ3v) is 17.4. The zero-order chi connectivity index (χ0) is 67.0. The molecule has 3 aliphatic heterocycles. The Labute approximate surface area is 547 Å². The molecule has 0 bridgehead atoms. The first kappa shape index (κ1) is 65.8. The van der Waals surface area contributed by atoms with Crippen molar-refractivity contribution in [3.63, 3.8) is 0 Å². The van der Waals surface area contributed by atoms with Gasteiger partial charge in [0.1, 0.15) is 47.4 Å². The van der Waals surface area contributed by atoms with E-state index in [1.54, 1.807) is 64.5 Å². The first-order valence-electron chi connectivity index (χ1n) is 31.0. The van der Waals surface area contributed by atoms with Crippen molar-refractivity contribution in [1.82, 2.24) is 53.6 Å². The SMILES string of the molecule is COc1ccc(C(OCC[C@H]2O[C@@H](n3ccc4c(NC(=O)c5ccccc5)ncnc43)C[C@@H]2O)(c2ccccc2)c2ccc(OC)cc2)cc1.C[C@H]1[C@@H](F)[C@H](n2cnc3c(=O)[nH]cnc32)O[C@@H]1CO.C[C@H]1[C@@H](F)[C@H](n2cnc3c(NC(=O)c4ccccc4)ncnc32)O[C@@H]1CO. The quantitative estimate of drug-likeness (QED) is 0.0438. The van der Waals surface area contributed by atoms with Crippen LogP contribution in [0, 0.1) is 11.8 Å². The Hall–Kier alpha value is -10.3. The number of amides is 2. The predicted molar refractivity (Wildman–Crippen MR) is 347 cm³/mol. The number of aliphatic hydroxyl groups excluding tert-OH is 3. The number of nitrogens with zero attached hydrogens (tertiary/aromatic N) is 10. The molecule has 0 radical (unpaired) electrons. The van der Waals surface area contributed by atoms with Crippen molar-refractivity contribution in [3.05, 3.63) is 222 Å². The highest BCUT2D eigenvalue weighted by atomic mass is 19.1. The summed E-state index contributed by atoms with van der Waals surface area (Å²) in [6.07, 6.45) is 1.96. The van der Waals surface area contributed by atoms with Gasteiger partial charge in [0.05, 0.1) is 82.8 Å². The third kappa shape index (κ3) is 13.3. The van der Waals surface area contributed by atoms with Crippen molar-refractivity contribution in [3.8, 4) is 11.5 Å². The molecule has 3 aliphatic rings. The molecule has 14 rings (SSSR count). The lowest BCUT2D eigenvalue weighted by Gasteiger charge is -2.36. The van der Waals surface area contributed by atoms with Crippen LogP contribution in [0.15, 0.2) is 188 Å². The van der Waals surface area contributed by atoms with Crippen LogP contribution >= 0.6 is 0 Å². The summed E-state index contributed by atoms with van der Waals surface area (Å²) in [6.45, 7) is 3.12. The fourth-order valence-corrected chi connectivity index (χ4v) is 12.1. The highest BCUT2D eigenvalue weighted by Gasteiger charge is 2.46.